The predicted molar refractivity (Wildman–Crippen MR) is 90.0 cm³/mol. The molecule has 0 spiro atoms. The molecule has 0 bridgehead atoms. The summed E-state index contributed by atoms with van der Waals surface area (Å²) in [6.45, 7) is 2.47. The molecule has 1 aliphatic heterocycles. The summed E-state index contributed by atoms with van der Waals surface area (Å²) >= 11 is 0. The van der Waals surface area contributed by atoms with Crippen molar-refractivity contribution < 1.29 is 14.3 Å². The van der Waals surface area contributed by atoms with Crippen LogP contribution >= 0.6 is 0 Å². The van der Waals surface area contributed by atoms with Crippen LogP contribution in [0.4, 0.5) is 0 Å². The van der Waals surface area contributed by atoms with Crippen LogP contribution in [0.3, 0.4) is 0 Å². The third-order valence-corrected chi connectivity index (χ3v) is 4.26. The van der Waals surface area contributed by atoms with E-state index in [0.29, 0.717) is 19.1 Å². The number of likely N-dealkylation sites (tertiary alicyclic amines) is 1. The molecule has 6 nitrogen and oxygen atoms in total. The van der Waals surface area contributed by atoms with Crippen molar-refractivity contribution in [2.45, 2.75) is 19.4 Å². The highest BCUT2D eigenvalue weighted by Gasteiger charge is 2.24. The predicted octanol–water partition coefficient (Wildman–Crippen LogP) is 2.21. The van der Waals surface area contributed by atoms with Gasteiger partial charge in [-0.15, -0.1) is 0 Å². The maximum absolute atomic E-state index is 12.4. The van der Waals surface area contributed by atoms with E-state index >= 15 is 0 Å². The SMILES string of the molecule is COc1cccc(OCC2CCCN(C(=O)Cn3cccn3)C2)c1. The van der Waals surface area contributed by atoms with Crippen molar-refractivity contribution in [3.8, 4) is 11.5 Å². The summed E-state index contributed by atoms with van der Waals surface area (Å²) in [4.78, 5) is 14.3. The lowest BCUT2D eigenvalue weighted by Gasteiger charge is -2.32. The molecule has 1 aromatic heterocycles. The summed E-state index contributed by atoms with van der Waals surface area (Å²) < 4.78 is 12.8. The van der Waals surface area contributed by atoms with Gasteiger partial charge in [-0.25, -0.2) is 0 Å². The minimum Gasteiger partial charge on any atom is -0.497 e. The number of piperidine rings is 1. The molecule has 2 aromatic rings. The molecule has 1 unspecified atom stereocenters. The minimum atomic E-state index is 0.116. The number of methoxy groups -OCH3 is 1. The molecule has 2 heterocycles. The summed E-state index contributed by atoms with van der Waals surface area (Å²) in [5, 5.41) is 4.10. The molecule has 1 aromatic carbocycles. The molecular formula is C18H23N3O3. The third kappa shape index (κ3) is 4.28. The second kappa shape index (κ2) is 7.86. The molecule has 0 aliphatic carbocycles. The van der Waals surface area contributed by atoms with E-state index in [2.05, 4.69) is 5.10 Å². The third-order valence-electron chi connectivity index (χ3n) is 4.26. The standard InChI is InChI=1S/C18H23N3O3/c1-23-16-6-2-7-17(11-16)24-14-15-5-3-9-20(12-15)18(22)13-21-10-4-8-19-21/h2,4,6-8,10-11,15H,3,5,9,12-14H2,1H3. The summed E-state index contributed by atoms with van der Waals surface area (Å²) in [5.74, 6) is 2.05. The molecule has 0 N–H and O–H groups in total. The smallest absolute Gasteiger partial charge is 0.244 e. The Labute approximate surface area is 142 Å². The van der Waals surface area contributed by atoms with Crippen molar-refractivity contribution in [3.63, 3.8) is 0 Å². The Morgan fingerprint density at radius 1 is 1.33 bits per heavy atom. The normalized spacial score (nSPS) is 17.5. The number of hydrogen-bond donors (Lipinski definition) is 0. The Morgan fingerprint density at radius 2 is 2.21 bits per heavy atom. The van der Waals surface area contributed by atoms with Crippen LogP contribution < -0.4 is 9.47 Å². The van der Waals surface area contributed by atoms with Crippen molar-refractivity contribution in [1.29, 1.82) is 0 Å². The summed E-state index contributed by atoms with van der Waals surface area (Å²) in [6.07, 6.45) is 5.59. The van der Waals surface area contributed by atoms with Gasteiger partial charge in [0.2, 0.25) is 5.91 Å². The van der Waals surface area contributed by atoms with Crippen molar-refractivity contribution in [1.82, 2.24) is 14.7 Å². The van der Waals surface area contributed by atoms with Crippen LogP contribution in [-0.4, -0.2) is 47.4 Å². The summed E-state index contributed by atoms with van der Waals surface area (Å²) in [7, 11) is 1.64. The van der Waals surface area contributed by atoms with E-state index < -0.39 is 0 Å². The molecule has 1 atom stereocenters. The molecular weight excluding hydrogens is 306 g/mol. The highest BCUT2D eigenvalue weighted by atomic mass is 16.5. The van der Waals surface area contributed by atoms with Gasteiger partial charge >= 0.3 is 0 Å². The average Bonchev–Trinajstić information content (AvgIpc) is 3.13. The lowest BCUT2D eigenvalue weighted by Crippen LogP contribution is -2.43. The summed E-state index contributed by atoms with van der Waals surface area (Å²) in [6, 6.07) is 9.43. The lowest BCUT2D eigenvalue weighted by atomic mass is 9.99. The van der Waals surface area contributed by atoms with Crippen LogP contribution in [0.1, 0.15) is 12.8 Å². The fourth-order valence-corrected chi connectivity index (χ4v) is 2.97. The number of amides is 1. The van der Waals surface area contributed by atoms with Gasteiger partial charge in [0.25, 0.3) is 0 Å². The van der Waals surface area contributed by atoms with Gasteiger partial charge in [0.05, 0.1) is 13.7 Å². The number of hydrogen-bond acceptors (Lipinski definition) is 4. The minimum absolute atomic E-state index is 0.116. The molecule has 0 saturated carbocycles. The van der Waals surface area contributed by atoms with Crippen molar-refractivity contribution in [2.24, 2.45) is 5.92 Å². The van der Waals surface area contributed by atoms with Gasteiger partial charge in [-0.3, -0.25) is 9.48 Å². The molecule has 24 heavy (non-hydrogen) atoms. The molecule has 0 radical (unpaired) electrons. The molecule has 3 rings (SSSR count). The monoisotopic (exact) mass is 329 g/mol. The van der Waals surface area contributed by atoms with Gasteiger partial charge in [-0.2, -0.15) is 5.10 Å². The van der Waals surface area contributed by atoms with E-state index in [1.807, 2.05) is 41.4 Å². The molecule has 1 fully saturated rings. The molecule has 1 amide bonds. The zero-order chi connectivity index (χ0) is 16.8. The second-order valence-electron chi connectivity index (χ2n) is 6.04. The van der Waals surface area contributed by atoms with E-state index in [9.17, 15) is 4.79 Å². The number of nitrogens with zero attached hydrogens (tertiary/aromatic N) is 3. The highest BCUT2D eigenvalue weighted by molar-refractivity contribution is 5.76. The molecule has 6 heteroatoms. The van der Waals surface area contributed by atoms with Crippen LogP contribution in [0.5, 0.6) is 11.5 Å². The molecule has 128 valence electrons. The number of ether oxygens (including phenoxy) is 2. The number of benzene rings is 1. The Balaban J connectivity index is 1.50. The van der Waals surface area contributed by atoms with E-state index in [1.165, 1.54) is 0 Å². The summed E-state index contributed by atoms with van der Waals surface area (Å²) in [5.41, 5.74) is 0. The zero-order valence-electron chi connectivity index (χ0n) is 13.9. The Hall–Kier alpha value is -2.50. The largest absolute Gasteiger partial charge is 0.497 e. The first-order valence-corrected chi connectivity index (χ1v) is 8.26. The molecule has 1 aliphatic rings. The fourth-order valence-electron chi connectivity index (χ4n) is 2.97. The average molecular weight is 329 g/mol. The van der Waals surface area contributed by atoms with Crippen LogP contribution in [0, 0.1) is 5.92 Å². The quantitative estimate of drug-likeness (QED) is 0.815. The van der Waals surface area contributed by atoms with Crippen LogP contribution in [0.25, 0.3) is 0 Å². The van der Waals surface area contributed by atoms with Gasteiger partial charge in [0.15, 0.2) is 0 Å². The number of carbonyl (C=O) groups excluding carboxylic acids is 1. The second-order valence-corrected chi connectivity index (χ2v) is 6.04. The van der Waals surface area contributed by atoms with Crippen LogP contribution in [0.15, 0.2) is 42.7 Å². The van der Waals surface area contributed by atoms with E-state index in [1.54, 1.807) is 18.0 Å². The topological polar surface area (TPSA) is 56.6 Å². The Bertz CT molecular complexity index is 657. The van der Waals surface area contributed by atoms with Gasteiger partial charge in [0, 0.05) is 37.5 Å². The van der Waals surface area contributed by atoms with E-state index in [-0.39, 0.29) is 5.91 Å². The zero-order valence-corrected chi connectivity index (χ0v) is 13.9. The first kappa shape index (κ1) is 16.4. The van der Waals surface area contributed by atoms with Crippen molar-refractivity contribution >= 4 is 5.91 Å². The van der Waals surface area contributed by atoms with E-state index in [4.69, 9.17) is 9.47 Å². The number of aromatic nitrogens is 2. The van der Waals surface area contributed by atoms with Gasteiger partial charge < -0.3 is 14.4 Å². The Morgan fingerprint density at radius 3 is 3.00 bits per heavy atom. The number of carbonyl (C=O) groups is 1. The van der Waals surface area contributed by atoms with Gasteiger partial charge in [0.1, 0.15) is 18.0 Å². The number of rotatable bonds is 6. The van der Waals surface area contributed by atoms with Gasteiger partial charge in [-0.05, 0) is 31.0 Å². The lowest BCUT2D eigenvalue weighted by molar-refractivity contribution is -0.134. The fraction of sp³-hybridized carbons (Fsp3) is 0.444. The van der Waals surface area contributed by atoms with Crippen molar-refractivity contribution in [3.05, 3.63) is 42.7 Å². The molecule has 1 saturated heterocycles. The van der Waals surface area contributed by atoms with E-state index in [0.717, 1.165) is 37.4 Å². The van der Waals surface area contributed by atoms with Crippen molar-refractivity contribution in [2.75, 3.05) is 26.8 Å². The first-order valence-electron chi connectivity index (χ1n) is 8.26. The van der Waals surface area contributed by atoms with Crippen LogP contribution in [-0.2, 0) is 11.3 Å². The first-order chi connectivity index (χ1) is 11.7. The highest BCUT2D eigenvalue weighted by Crippen LogP contribution is 2.22. The maximum Gasteiger partial charge on any atom is 0.244 e. The maximum atomic E-state index is 12.4. The van der Waals surface area contributed by atoms with Gasteiger partial charge in [-0.1, -0.05) is 6.07 Å². The van der Waals surface area contributed by atoms with Crippen LogP contribution in [0.2, 0.25) is 0 Å². The Kier molecular flexibility index (Phi) is 5.36.